The number of carbonyl (C=O) groups is 1. The standard InChI is InChI=1S/C27H37N3O6S.ClH/c1-35-22-11-13-25(14-12-22)37(33,34)30(19-20-15-17-28-18-16-20)26(27(31)29-32)21-7-9-24(10-8-21)36-23-5-3-2-4-6-23;/h11-18,21,23-24,26,32H,2-10,19H2,1H3,(H,29,31);1H/t21?,24?,26-;/m1./s1. The van der Waals surface area contributed by atoms with Crippen LogP contribution in [0.2, 0.25) is 0 Å². The van der Waals surface area contributed by atoms with Gasteiger partial charge in [0.2, 0.25) is 10.0 Å². The zero-order valence-corrected chi connectivity index (χ0v) is 23.3. The Kier molecular flexibility index (Phi) is 11.3. The smallest absolute Gasteiger partial charge is 0.262 e. The molecular formula is C27H38ClN3O6S. The molecule has 0 radical (unpaired) electrons. The predicted octanol–water partition coefficient (Wildman–Crippen LogP) is 4.49. The normalized spacial score (nSPS) is 21.3. The SMILES string of the molecule is COc1ccc(S(=O)(=O)N(Cc2ccncc2)[C@@H](C(=O)NO)C2CCC(OC3CCCCC3)CC2)cc1.Cl. The van der Waals surface area contributed by atoms with Crippen LogP contribution in [0.5, 0.6) is 5.75 Å². The fraction of sp³-hybridized carbons (Fsp3) is 0.556. The third-order valence-corrected chi connectivity index (χ3v) is 9.39. The summed E-state index contributed by atoms with van der Waals surface area (Å²) in [6.45, 7) is -0.0343. The Labute approximate surface area is 231 Å². The second kappa shape index (κ2) is 14.2. The molecule has 11 heteroatoms. The average molecular weight is 568 g/mol. The summed E-state index contributed by atoms with van der Waals surface area (Å²) in [5.41, 5.74) is 2.43. The summed E-state index contributed by atoms with van der Waals surface area (Å²) in [5, 5.41) is 9.65. The third kappa shape index (κ3) is 7.45. The van der Waals surface area contributed by atoms with Crippen LogP contribution in [0.4, 0.5) is 0 Å². The van der Waals surface area contributed by atoms with Crippen LogP contribution in [0.25, 0.3) is 0 Å². The molecule has 0 aliphatic heterocycles. The highest BCUT2D eigenvalue weighted by atomic mass is 35.5. The predicted molar refractivity (Wildman–Crippen MR) is 145 cm³/mol. The molecule has 1 heterocycles. The molecule has 9 nitrogen and oxygen atoms in total. The quantitative estimate of drug-likeness (QED) is 0.321. The molecule has 2 aliphatic rings. The van der Waals surface area contributed by atoms with Crippen molar-refractivity contribution in [3.8, 4) is 5.75 Å². The molecule has 38 heavy (non-hydrogen) atoms. The number of amides is 1. The topological polar surface area (TPSA) is 118 Å². The molecule has 210 valence electrons. The van der Waals surface area contributed by atoms with Crippen molar-refractivity contribution in [3.05, 3.63) is 54.4 Å². The lowest BCUT2D eigenvalue weighted by Crippen LogP contribution is -2.53. The Bertz CT molecular complexity index is 1110. The summed E-state index contributed by atoms with van der Waals surface area (Å²) < 4.78 is 40.7. The van der Waals surface area contributed by atoms with Crippen LogP contribution in [-0.4, -0.2) is 54.2 Å². The van der Waals surface area contributed by atoms with Gasteiger partial charge in [-0.05, 0) is 86.4 Å². The highest BCUT2D eigenvalue weighted by Crippen LogP contribution is 2.36. The minimum absolute atomic E-state index is 0. The maximum atomic E-state index is 14.0. The van der Waals surface area contributed by atoms with E-state index in [0.717, 1.165) is 25.7 Å². The Morgan fingerprint density at radius 2 is 1.61 bits per heavy atom. The second-order valence-corrected chi connectivity index (χ2v) is 11.8. The number of nitrogens with one attached hydrogen (secondary N) is 1. The number of halogens is 1. The summed E-state index contributed by atoms with van der Waals surface area (Å²) in [4.78, 5) is 17.2. The van der Waals surface area contributed by atoms with Crippen LogP contribution in [-0.2, 0) is 26.1 Å². The van der Waals surface area contributed by atoms with Gasteiger partial charge in [0.05, 0.1) is 24.2 Å². The summed E-state index contributed by atoms with van der Waals surface area (Å²) in [7, 11) is -2.60. The van der Waals surface area contributed by atoms with Crippen molar-refractivity contribution in [3.63, 3.8) is 0 Å². The van der Waals surface area contributed by atoms with Crippen LogP contribution in [0.1, 0.15) is 63.4 Å². The molecule has 2 N–H and O–H groups in total. The number of rotatable bonds is 10. The van der Waals surface area contributed by atoms with Crippen LogP contribution < -0.4 is 10.2 Å². The minimum Gasteiger partial charge on any atom is -0.497 e. The number of hydrogen-bond acceptors (Lipinski definition) is 7. The van der Waals surface area contributed by atoms with E-state index in [-0.39, 0.29) is 35.9 Å². The minimum atomic E-state index is -4.11. The molecule has 2 saturated carbocycles. The van der Waals surface area contributed by atoms with E-state index in [1.54, 1.807) is 42.1 Å². The maximum absolute atomic E-state index is 14.0. The molecule has 2 fully saturated rings. The fourth-order valence-corrected chi connectivity index (χ4v) is 7.18. The van der Waals surface area contributed by atoms with Crippen LogP contribution >= 0.6 is 12.4 Å². The number of aromatic nitrogens is 1. The molecule has 0 bridgehead atoms. The lowest BCUT2D eigenvalue weighted by Gasteiger charge is -2.39. The first-order valence-corrected chi connectivity index (χ1v) is 14.5. The van der Waals surface area contributed by atoms with E-state index in [0.29, 0.717) is 30.3 Å². The number of methoxy groups -OCH3 is 1. The van der Waals surface area contributed by atoms with Crippen molar-refractivity contribution in [2.45, 2.75) is 87.5 Å². The van der Waals surface area contributed by atoms with E-state index in [2.05, 4.69) is 4.98 Å². The number of hydrogen-bond donors (Lipinski definition) is 2. The molecule has 0 saturated heterocycles. The van der Waals surface area contributed by atoms with E-state index in [9.17, 15) is 18.4 Å². The molecule has 1 aromatic heterocycles. The van der Waals surface area contributed by atoms with Gasteiger partial charge >= 0.3 is 0 Å². The van der Waals surface area contributed by atoms with Gasteiger partial charge in [0.1, 0.15) is 11.8 Å². The Hall–Kier alpha value is -2.24. The molecule has 1 atom stereocenters. The van der Waals surface area contributed by atoms with Crippen molar-refractivity contribution in [2.24, 2.45) is 5.92 Å². The van der Waals surface area contributed by atoms with Crippen molar-refractivity contribution >= 4 is 28.3 Å². The van der Waals surface area contributed by atoms with E-state index in [1.807, 2.05) is 0 Å². The number of ether oxygens (including phenoxy) is 2. The lowest BCUT2D eigenvalue weighted by atomic mass is 9.81. The summed E-state index contributed by atoms with van der Waals surface area (Å²) >= 11 is 0. The van der Waals surface area contributed by atoms with Gasteiger partial charge in [0.15, 0.2) is 0 Å². The van der Waals surface area contributed by atoms with Gasteiger partial charge in [-0.1, -0.05) is 19.3 Å². The summed E-state index contributed by atoms with van der Waals surface area (Å²) in [6, 6.07) is 8.45. The molecule has 0 spiro atoms. The van der Waals surface area contributed by atoms with Gasteiger partial charge in [-0.2, -0.15) is 4.31 Å². The summed E-state index contributed by atoms with van der Waals surface area (Å²) in [6.07, 6.45) is 12.2. The number of hydroxylamine groups is 1. The van der Waals surface area contributed by atoms with Crippen molar-refractivity contribution in [2.75, 3.05) is 7.11 Å². The average Bonchev–Trinajstić information content (AvgIpc) is 2.94. The fourth-order valence-electron chi connectivity index (χ4n) is 5.54. The monoisotopic (exact) mass is 567 g/mol. The van der Waals surface area contributed by atoms with Crippen LogP contribution in [0.15, 0.2) is 53.7 Å². The molecule has 1 amide bonds. The second-order valence-electron chi connectivity index (χ2n) is 9.94. The zero-order chi connectivity index (χ0) is 26.3. The molecule has 2 aliphatic carbocycles. The summed E-state index contributed by atoms with van der Waals surface area (Å²) in [5.74, 6) is -0.475. The van der Waals surface area contributed by atoms with E-state index < -0.39 is 22.0 Å². The Morgan fingerprint density at radius 3 is 2.18 bits per heavy atom. The number of pyridine rings is 1. The van der Waals surface area contributed by atoms with E-state index >= 15 is 0 Å². The molecular weight excluding hydrogens is 530 g/mol. The lowest BCUT2D eigenvalue weighted by molar-refractivity contribution is -0.136. The number of carbonyl (C=O) groups excluding carboxylic acids is 1. The van der Waals surface area contributed by atoms with Gasteiger partial charge in [-0.15, -0.1) is 12.4 Å². The highest BCUT2D eigenvalue weighted by molar-refractivity contribution is 7.89. The van der Waals surface area contributed by atoms with Crippen molar-refractivity contribution in [1.29, 1.82) is 0 Å². The Morgan fingerprint density at radius 1 is 1.00 bits per heavy atom. The Balaban J connectivity index is 0.00000400. The van der Waals surface area contributed by atoms with Crippen LogP contribution in [0, 0.1) is 5.92 Å². The van der Waals surface area contributed by atoms with E-state index in [1.165, 1.54) is 42.8 Å². The molecule has 1 aromatic carbocycles. The van der Waals surface area contributed by atoms with E-state index in [4.69, 9.17) is 9.47 Å². The maximum Gasteiger partial charge on any atom is 0.262 e. The largest absolute Gasteiger partial charge is 0.497 e. The number of sulfonamides is 1. The molecule has 0 unspecified atom stereocenters. The molecule has 4 rings (SSSR count). The highest BCUT2D eigenvalue weighted by Gasteiger charge is 2.42. The van der Waals surface area contributed by atoms with Gasteiger partial charge < -0.3 is 9.47 Å². The third-order valence-electron chi connectivity index (χ3n) is 7.55. The van der Waals surface area contributed by atoms with Gasteiger partial charge in [-0.3, -0.25) is 15.0 Å². The zero-order valence-electron chi connectivity index (χ0n) is 21.7. The van der Waals surface area contributed by atoms with Gasteiger partial charge in [-0.25, -0.2) is 13.9 Å². The van der Waals surface area contributed by atoms with Crippen LogP contribution in [0.3, 0.4) is 0 Å². The van der Waals surface area contributed by atoms with Crippen molar-refractivity contribution in [1.82, 2.24) is 14.8 Å². The number of benzene rings is 1. The molecule has 2 aromatic rings. The van der Waals surface area contributed by atoms with Crippen molar-refractivity contribution < 1.29 is 27.9 Å². The van der Waals surface area contributed by atoms with Gasteiger partial charge in [0.25, 0.3) is 5.91 Å². The first-order valence-electron chi connectivity index (χ1n) is 13.1. The number of nitrogens with zero attached hydrogens (tertiary/aromatic N) is 2. The first-order chi connectivity index (χ1) is 17.9. The van der Waals surface area contributed by atoms with Gasteiger partial charge in [0, 0.05) is 18.9 Å². The first kappa shape index (κ1) is 30.3.